The van der Waals surface area contributed by atoms with E-state index in [0.717, 1.165) is 25.7 Å². The van der Waals surface area contributed by atoms with Crippen molar-refractivity contribution in [2.45, 2.75) is 32.6 Å². The van der Waals surface area contributed by atoms with Crippen LogP contribution in [0, 0.1) is 0 Å². The number of rotatable bonds is 6. The molecule has 94 valence electrons. The average molecular weight is 258 g/mol. The van der Waals surface area contributed by atoms with Crippen LogP contribution in [0.2, 0.25) is 0 Å². The summed E-state index contributed by atoms with van der Waals surface area (Å²) in [7, 11) is 0. The van der Waals surface area contributed by atoms with Crippen LogP contribution < -0.4 is 29.6 Å². The summed E-state index contributed by atoms with van der Waals surface area (Å²) in [6.45, 7) is 1.64. The van der Waals surface area contributed by atoms with Crippen molar-refractivity contribution in [2.24, 2.45) is 0 Å². The molecule has 0 fully saturated rings. The monoisotopic (exact) mass is 258 g/mol. The molecule has 1 aromatic rings. The Labute approximate surface area is 131 Å². The third-order valence-corrected chi connectivity index (χ3v) is 2.55. The summed E-state index contributed by atoms with van der Waals surface area (Å²) >= 11 is 0. The first kappa shape index (κ1) is 19.7. The van der Waals surface area contributed by atoms with Crippen molar-refractivity contribution in [3.63, 3.8) is 0 Å². The normalized spacial score (nSPS) is 10.2. The summed E-state index contributed by atoms with van der Waals surface area (Å²) in [5.41, 5.74) is 1.79. The first-order chi connectivity index (χ1) is 7.70. The van der Waals surface area contributed by atoms with Crippen molar-refractivity contribution in [1.82, 2.24) is 0 Å². The molecular formula is C14H19NaO3. The van der Waals surface area contributed by atoms with E-state index in [1.165, 1.54) is 5.56 Å². The van der Waals surface area contributed by atoms with E-state index in [9.17, 15) is 4.79 Å². The Morgan fingerprint density at radius 3 is 2.39 bits per heavy atom. The molecule has 0 amide bonds. The van der Waals surface area contributed by atoms with Crippen LogP contribution in [0.5, 0.6) is 0 Å². The summed E-state index contributed by atoms with van der Waals surface area (Å²) < 4.78 is 0. The predicted molar refractivity (Wildman–Crippen MR) is 67.3 cm³/mol. The molecule has 0 aromatic heterocycles. The number of aliphatic carboxylic acids is 1. The molecule has 0 saturated carbocycles. The molecule has 0 heterocycles. The van der Waals surface area contributed by atoms with Gasteiger partial charge in [0, 0.05) is 5.57 Å². The summed E-state index contributed by atoms with van der Waals surface area (Å²) in [4.78, 5) is 10.5. The molecule has 2 N–H and O–H groups in total. The van der Waals surface area contributed by atoms with Crippen molar-refractivity contribution in [1.29, 1.82) is 0 Å². The second-order valence-electron chi connectivity index (χ2n) is 3.92. The van der Waals surface area contributed by atoms with Crippen LogP contribution in [-0.2, 0) is 11.2 Å². The standard InChI is InChI=1S/C14H18O2.Na.H2O/c1-12(14(15)16)8-4-2-5-9-13-10-6-3-7-11-13;;/h3,6-8,10-11H,2,4-5,9H2,1H3,(H,15,16);;1H2/q;+1;/p-1/b12-8+;;. The molecule has 0 aliphatic carbocycles. The van der Waals surface area contributed by atoms with Crippen LogP contribution in [0.3, 0.4) is 0 Å². The van der Waals surface area contributed by atoms with Gasteiger partial charge in [-0.25, -0.2) is 4.79 Å². The Hall–Kier alpha value is -0.610. The summed E-state index contributed by atoms with van der Waals surface area (Å²) in [6, 6.07) is 10.4. The van der Waals surface area contributed by atoms with Gasteiger partial charge in [0.1, 0.15) is 0 Å². The van der Waals surface area contributed by atoms with E-state index >= 15 is 0 Å². The van der Waals surface area contributed by atoms with Gasteiger partial charge in [0.15, 0.2) is 0 Å². The molecule has 0 spiro atoms. The fourth-order valence-corrected chi connectivity index (χ4v) is 1.52. The summed E-state index contributed by atoms with van der Waals surface area (Å²) in [6.07, 6.45) is 5.87. The Morgan fingerprint density at radius 2 is 1.83 bits per heavy atom. The first-order valence-corrected chi connectivity index (χ1v) is 5.64. The van der Waals surface area contributed by atoms with Crippen LogP contribution in [0.15, 0.2) is 42.0 Å². The zero-order valence-electron chi connectivity index (χ0n) is 11.1. The van der Waals surface area contributed by atoms with Gasteiger partial charge < -0.3 is 10.6 Å². The number of allylic oxidation sites excluding steroid dienone is 1. The minimum absolute atomic E-state index is 0. The van der Waals surface area contributed by atoms with E-state index in [-0.39, 0.29) is 35.0 Å². The van der Waals surface area contributed by atoms with Crippen LogP contribution in [-0.4, -0.2) is 16.6 Å². The number of carboxylic acid groups (broad SMARTS) is 1. The molecule has 1 aromatic carbocycles. The molecular weight excluding hydrogens is 239 g/mol. The zero-order valence-corrected chi connectivity index (χ0v) is 13.1. The number of aryl methyl sites for hydroxylation is 1. The van der Waals surface area contributed by atoms with Gasteiger partial charge in [-0.15, -0.1) is 0 Å². The molecule has 0 aliphatic heterocycles. The number of hydrogen-bond acceptors (Lipinski definition) is 2. The molecule has 0 saturated heterocycles. The van der Waals surface area contributed by atoms with Crippen LogP contribution in [0.4, 0.5) is 0 Å². The van der Waals surface area contributed by atoms with Crippen molar-refractivity contribution in [3.8, 4) is 0 Å². The smallest absolute Gasteiger partial charge is 0.870 e. The quantitative estimate of drug-likeness (QED) is 0.452. The van der Waals surface area contributed by atoms with E-state index < -0.39 is 5.97 Å². The Morgan fingerprint density at radius 1 is 1.22 bits per heavy atom. The van der Waals surface area contributed by atoms with Gasteiger partial charge in [-0.1, -0.05) is 36.4 Å². The molecule has 0 unspecified atom stereocenters. The number of unbranched alkanes of at least 4 members (excludes halogenated alkanes) is 2. The number of hydrogen-bond donors (Lipinski definition) is 1. The molecule has 3 nitrogen and oxygen atoms in total. The Kier molecular flexibility index (Phi) is 12.6. The third-order valence-electron chi connectivity index (χ3n) is 2.55. The minimum Gasteiger partial charge on any atom is -0.870 e. The first-order valence-electron chi connectivity index (χ1n) is 5.64. The maximum absolute atomic E-state index is 10.5. The van der Waals surface area contributed by atoms with Gasteiger partial charge in [0.05, 0.1) is 0 Å². The number of carbonyl (C=O) groups is 1. The predicted octanol–water partition coefficient (Wildman–Crippen LogP) is 0.257. The topological polar surface area (TPSA) is 67.3 Å². The molecule has 0 atom stereocenters. The fraction of sp³-hybridized carbons (Fsp3) is 0.357. The van der Waals surface area contributed by atoms with Gasteiger partial charge in [-0.2, -0.15) is 0 Å². The van der Waals surface area contributed by atoms with Crippen molar-refractivity contribution >= 4 is 5.97 Å². The summed E-state index contributed by atoms with van der Waals surface area (Å²) in [5.74, 6) is -0.817. The second kappa shape index (κ2) is 11.5. The van der Waals surface area contributed by atoms with Crippen LogP contribution >= 0.6 is 0 Å². The molecule has 4 heteroatoms. The average Bonchev–Trinajstić information content (AvgIpc) is 2.29. The SMILES string of the molecule is C/C(=C\CCCCc1ccccc1)C(=O)O.[Na+].[OH-]. The maximum atomic E-state index is 10.5. The molecule has 0 aliphatic rings. The van der Waals surface area contributed by atoms with E-state index in [2.05, 4.69) is 12.1 Å². The fourth-order valence-electron chi connectivity index (χ4n) is 1.52. The summed E-state index contributed by atoms with van der Waals surface area (Å²) in [5, 5.41) is 8.65. The van der Waals surface area contributed by atoms with E-state index in [1.54, 1.807) is 13.0 Å². The maximum Gasteiger partial charge on any atom is 1.00 e. The van der Waals surface area contributed by atoms with E-state index in [4.69, 9.17) is 5.11 Å². The molecule has 1 rings (SSSR count). The number of benzene rings is 1. The molecule has 0 bridgehead atoms. The van der Waals surface area contributed by atoms with Crippen LogP contribution in [0.1, 0.15) is 31.7 Å². The number of carboxylic acids is 1. The van der Waals surface area contributed by atoms with Gasteiger partial charge in [0.2, 0.25) is 0 Å². The Bertz CT molecular complexity index is 361. The van der Waals surface area contributed by atoms with Gasteiger partial charge in [0.25, 0.3) is 0 Å². The molecule has 18 heavy (non-hydrogen) atoms. The van der Waals surface area contributed by atoms with Gasteiger partial charge in [-0.05, 0) is 38.2 Å². The molecule has 0 radical (unpaired) electrons. The third kappa shape index (κ3) is 8.48. The van der Waals surface area contributed by atoms with Gasteiger partial charge in [-0.3, -0.25) is 0 Å². The van der Waals surface area contributed by atoms with E-state index in [0.29, 0.717) is 5.57 Å². The van der Waals surface area contributed by atoms with Crippen molar-refractivity contribution in [2.75, 3.05) is 0 Å². The largest absolute Gasteiger partial charge is 1.00 e. The van der Waals surface area contributed by atoms with E-state index in [1.807, 2.05) is 18.2 Å². The van der Waals surface area contributed by atoms with Crippen LogP contribution in [0.25, 0.3) is 0 Å². The second-order valence-corrected chi connectivity index (χ2v) is 3.92. The van der Waals surface area contributed by atoms with Crippen molar-refractivity contribution < 1.29 is 44.9 Å². The van der Waals surface area contributed by atoms with Crippen molar-refractivity contribution in [3.05, 3.63) is 47.5 Å². The minimum atomic E-state index is -0.817. The van der Waals surface area contributed by atoms with Gasteiger partial charge >= 0.3 is 35.5 Å². The Balaban J connectivity index is 0. The zero-order chi connectivity index (χ0) is 11.8.